The van der Waals surface area contributed by atoms with Gasteiger partial charge >= 0.3 is 5.97 Å². The van der Waals surface area contributed by atoms with Crippen LogP contribution in [0.25, 0.3) is 0 Å². The Hall–Kier alpha value is -0.480. The third-order valence-electron chi connectivity index (χ3n) is 2.15. The molecule has 0 amide bonds. The van der Waals surface area contributed by atoms with Crippen LogP contribution < -0.4 is 0 Å². The van der Waals surface area contributed by atoms with Crippen molar-refractivity contribution in [1.82, 2.24) is 0 Å². The molecule has 1 rings (SSSR count). The van der Waals surface area contributed by atoms with Crippen LogP contribution in [0.5, 0.6) is 0 Å². The van der Waals surface area contributed by atoms with Crippen LogP contribution in [-0.4, -0.2) is 18.8 Å². The molecule has 1 unspecified atom stereocenters. The van der Waals surface area contributed by atoms with Crippen molar-refractivity contribution in [2.45, 2.75) is 12.7 Å². The molecule has 0 aliphatic carbocycles. The van der Waals surface area contributed by atoms with Crippen molar-refractivity contribution in [3.8, 4) is 0 Å². The Morgan fingerprint density at radius 2 is 2.06 bits per heavy atom. The normalized spacial score (nSPS) is 12.2. The number of esters is 1. The molecule has 0 aromatic heterocycles. The molecule has 1 aromatic carbocycles. The maximum atomic E-state index is 11.2. The molecule has 16 heavy (non-hydrogen) atoms. The van der Waals surface area contributed by atoms with Crippen molar-refractivity contribution in [2.24, 2.45) is 5.92 Å². The number of hydrogen-bond donors (Lipinski definition) is 0. The van der Waals surface area contributed by atoms with Crippen LogP contribution in [0.3, 0.4) is 0 Å². The molecule has 2 nitrogen and oxygen atoms in total. The predicted molar refractivity (Wildman–Crippen MR) is 71.5 cm³/mol. The summed E-state index contributed by atoms with van der Waals surface area (Å²) >= 11 is 5.15. The van der Waals surface area contributed by atoms with E-state index in [9.17, 15) is 4.79 Å². The van der Waals surface area contributed by atoms with E-state index in [0.29, 0.717) is 0 Å². The smallest absolute Gasteiger partial charge is 0.309 e. The SMILES string of the molecule is COC(=O)C(C)CSCc1ccc(Br)cc1. The maximum absolute atomic E-state index is 11.2. The second kappa shape index (κ2) is 6.97. The highest BCUT2D eigenvalue weighted by Crippen LogP contribution is 2.18. The third kappa shape index (κ3) is 4.58. The summed E-state index contributed by atoms with van der Waals surface area (Å²) in [6.45, 7) is 1.89. The first-order chi connectivity index (χ1) is 7.63. The maximum Gasteiger partial charge on any atom is 0.309 e. The van der Waals surface area contributed by atoms with Gasteiger partial charge in [0.2, 0.25) is 0 Å². The van der Waals surface area contributed by atoms with Crippen LogP contribution >= 0.6 is 27.7 Å². The molecule has 0 aliphatic heterocycles. The zero-order valence-electron chi connectivity index (χ0n) is 9.40. The fourth-order valence-electron chi connectivity index (χ4n) is 1.20. The molecular weight excluding hydrogens is 288 g/mol. The summed E-state index contributed by atoms with van der Waals surface area (Å²) in [6, 6.07) is 8.22. The minimum atomic E-state index is -0.136. The second-order valence-electron chi connectivity index (χ2n) is 3.57. The van der Waals surface area contributed by atoms with Gasteiger partial charge in [-0.15, -0.1) is 0 Å². The van der Waals surface area contributed by atoms with Gasteiger partial charge < -0.3 is 4.74 Å². The summed E-state index contributed by atoms with van der Waals surface area (Å²) in [5.41, 5.74) is 1.27. The van der Waals surface area contributed by atoms with Gasteiger partial charge in [0.25, 0.3) is 0 Å². The van der Waals surface area contributed by atoms with Crippen LogP contribution in [0.15, 0.2) is 28.7 Å². The van der Waals surface area contributed by atoms with E-state index in [4.69, 9.17) is 0 Å². The van der Waals surface area contributed by atoms with Gasteiger partial charge in [-0.2, -0.15) is 11.8 Å². The molecular formula is C12H15BrO2S. The Balaban J connectivity index is 2.30. The highest BCUT2D eigenvalue weighted by Gasteiger charge is 2.12. The average molecular weight is 303 g/mol. The quantitative estimate of drug-likeness (QED) is 0.779. The number of hydrogen-bond acceptors (Lipinski definition) is 3. The molecule has 0 fully saturated rings. The van der Waals surface area contributed by atoms with E-state index in [1.807, 2.05) is 19.1 Å². The number of benzene rings is 1. The first-order valence-corrected chi connectivity index (χ1v) is 6.98. The molecule has 0 aliphatic rings. The Bertz CT molecular complexity index is 337. The van der Waals surface area contributed by atoms with Crippen LogP contribution in [0.2, 0.25) is 0 Å². The summed E-state index contributed by atoms with van der Waals surface area (Å²) in [4.78, 5) is 11.2. The van der Waals surface area contributed by atoms with Gasteiger partial charge in [0.05, 0.1) is 13.0 Å². The van der Waals surface area contributed by atoms with Gasteiger partial charge in [0.1, 0.15) is 0 Å². The Morgan fingerprint density at radius 1 is 1.44 bits per heavy atom. The lowest BCUT2D eigenvalue weighted by Gasteiger charge is -2.08. The molecule has 0 radical (unpaired) electrons. The molecule has 0 bridgehead atoms. The Morgan fingerprint density at radius 3 is 2.62 bits per heavy atom. The van der Waals surface area contributed by atoms with Gasteiger partial charge in [-0.3, -0.25) is 4.79 Å². The van der Waals surface area contributed by atoms with Gasteiger partial charge in [0, 0.05) is 16.0 Å². The summed E-state index contributed by atoms with van der Waals surface area (Å²) in [6.07, 6.45) is 0. The van der Waals surface area contributed by atoms with Crippen molar-refractivity contribution in [1.29, 1.82) is 0 Å². The average Bonchev–Trinajstić information content (AvgIpc) is 2.30. The van der Waals surface area contributed by atoms with Crippen LogP contribution in [0, 0.1) is 5.92 Å². The van der Waals surface area contributed by atoms with E-state index in [1.165, 1.54) is 12.7 Å². The highest BCUT2D eigenvalue weighted by atomic mass is 79.9. The number of halogens is 1. The standard InChI is InChI=1S/C12H15BrO2S/c1-9(12(14)15-2)7-16-8-10-3-5-11(13)6-4-10/h3-6,9H,7-8H2,1-2H3. The number of carbonyl (C=O) groups is 1. The van der Waals surface area contributed by atoms with E-state index in [-0.39, 0.29) is 11.9 Å². The minimum Gasteiger partial charge on any atom is -0.469 e. The van der Waals surface area contributed by atoms with Crippen LogP contribution in [0.4, 0.5) is 0 Å². The van der Waals surface area contributed by atoms with Gasteiger partial charge in [0.15, 0.2) is 0 Å². The predicted octanol–water partition coefficient (Wildman–Crippen LogP) is 3.49. The Kier molecular flexibility index (Phi) is 5.91. The monoisotopic (exact) mass is 302 g/mol. The number of thioether (sulfide) groups is 1. The first-order valence-electron chi connectivity index (χ1n) is 5.03. The zero-order valence-corrected chi connectivity index (χ0v) is 11.8. The number of methoxy groups -OCH3 is 1. The summed E-state index contributed by atoms with van der Waals surface area (Å²) in [5, 5.41) is 0. The van der Waals surface area contributed by atoms with Gasteiger partial charge in [-0.25, -0.2) is 0 Å². The Labute approximate surface area is 109 Å². The van der Waals surface area contributed by atoms with Crippen LogP contribution in [0.1, 0.15) is 12.5 Å². The lowest BCUT2D eigenvalue weighted by Crippen LogP contribution is -2.14. The number of carbonyl (C=O) groups excluding carboxylic acids is 1. The van der Waals surface area contributed by atoms with E-state index < -0.39 is 0 Å². The number of rotatable bonds is 5. The van der Waals surface area contributed by atoms with Crippen molar-refractivity contribution in [3.63, 3.8) is 0 Å². The summed E-state index contributed by atoms with van der Waals surface area (Å²) in [5.74, 6) is 1.55. The molecule has 0 heterocycles. The van der Waals surface area contributed by atoms with Crippen molar-refractivity contribution < 1.29 is 9.53 Å². The van der Waals surface area contributed by atoms with E-state index in [2.05, 4.69) is 32.8 Å². The lowest BCUT2D eigenvalue weighted by molar-refractivity contribution is -0.143. The fourth-order valence-corrected chi connectivity index (χ4v) is 2.50. The zero-order chi connectivity index (χ0) is 12.0. The molecule has 88 valence electrons. The van der Waals surface area contributed by atoms with Crippen molar-refractivity contribution in [2.75, 3.05) is 12.9 Å². The van der Waals surface area contributed by atoms with E-state index >= 15 is 0 Å². The molecule has 0 N–H and O–H groups in total. The second-order valence-corrected chi connectivity index (χ2v) is 5.51. The lowest BCUT2D eigenvalue weighted by atomic mass is 10.2. The van der Waals surface area contributed by atoms with Gasteiger partial charge in [-0.1, -0.05) is 35.0 Å². The van der Waals surface area contributed by atoms with Crippen molar-refractivity contribution >= 4 is 33.7 Å². The highest BCUT2D eigenvalue weighted by molar-refractivity contribution is 9.10. The van der Waals surface area contributed by atoms with Gasteiger partial charge in [-0.05, 0) is 17.7 Å². The van der Waals surface area contributed by atoms with E-state index in [1.54, 1.807) is 11.8 Å². The molecule has 0 spiro atoms. The summed E-state index contributed by atoms with van der Waals surface area (Å²) < 4.78 is 5.76. The molecule has 1 aromatic rings. The fraction of sp³-hybridized carbons (Fsp3) is 0.417. The molecule has 0 saturated heterocycles. The largest absolute Gasteiger partial charge is 0.469 e. The summed E-state index contributed by atoms with van der Waals surface area (Å²) in [7, 11) is 1.43. The molecule has 0 saturated carbocycles. The van der Waals surface area contributed by atoms with Crippen LogP contribution in [-0.2, 0) is 15.3 Å². The molecule has 1 atom stereocenters. The van der Waals surface area contributed by atoms with Crippen molar-refractivity contribution in [3.05, 3.63) is 34.3 Å². The van der Waals surface area contributed by atoms with E-state index in [0.717, 1.165) is 16.0 Å². The first kappa shape index (κ1) is 13.6. The number of ether oxygens (including phenoxy) is 1. The molecule has 4 heteroatoms. The third-order valence-corrected chi connectivity index (χ3v) is 3.96. The topological polar surface area (TPSA) is 26.3 Å². The minimum absolute atomic E-state index is 0.0366.